The number of rotatable bonds is 5. The quantitative estimate of drug-likeness (QED) is 0.908. The highest BCUT2D eigenvalue weighted by molar-refractivity contribution is 7.13. The fraction of sp³-hybridized carbons (Fsp3) is 0.389. The standard InChI is InChI=1S/C18H20N2O2S/c1-12(17(22)20-18-19-9-10-23-18)14-7-5-13(6-8-14)11-15-3-2-4-16(15)21/h5-10,12,15H,2-4,11H2,1H3,(H,19,20,22)/t12-,15-/m0/s1. The summed E-state index contributed by atoms with van der Waals surface area (Å²) >= 11 is 1.41. The van der Waals surface area contributed by atoms with E-state index in [4.69, 9.17) is 0 Å². The first kappa shape index (κ1) is 15.9. The predicted molar refractivity (Wildman–Crippen MR) is 91.7 cm³/mol. The van der Waals surface area contributed by atoms with Crippen molar-refractivity contribution in [3.05, 3.63) is 47.0 Å². The number of aromatic nitrogens is 1. The third-order valence-corrected chi connectivity index (χ3v) is 5.14. The molecular weight excluding hydrogens is 308 g/mol. The van der Waals surface area contributed by atoms with Crippen molar-refractivity contribution in [2.75, 3.05) is 5.32 Å². The Morgan fingerprint density at radius 1 is 1.39 bits per heavy atom. The van der Waals surface area contributed by atoms with Gasteiger partial charge in [0.25, 0.3) is 0 Å². The van der Waals surface area contributed by atoms with Crippen molar-refractivity contribution in [1.82, 2.24) is 4.98 Å². The van der Waals surface area contributed by atoms with Gasteiger partial charge in [-0.05, 0) is 37.3 Å². The number of Topliss-reactive ketones (excluding diaryl/α,β-unsaturated/α-hetero) is 1. The van der Waals surface area contributed by atoms with E-state index in [0.717, 1.165) is 31.2 Å². The molecular formula is C18H20N2O2S. The summed E-state index contributed by atoms with van der Waals surface area (Å²) in [6, 6.07) is 8.05. The highest BCUT2D eigenvalue weighted by Gasteiger charge is 2.24. The van der Waals surface area contributed by atoms with E-state index in [0.29, 0.717) is 10.9 Å². The number of carbonyl (C=O) groups excluding carboxylic acids is 2. The van der Waals surface area contributed by atoms with Crippen LogP contribution in [0.15, 0.2) is 35.8 Å². The van der Waals surface area contributed by atoms with Crippen LogP contribution in [0.4, 0.5) is 5.13 Å². The van der Waals surface area contributed by atoms with Gasteiger partial charge in [-0.2, -0.15) is 0 Å². The number of amides is 1. The summed E-state index contributed by atoms with van der Waals surface area (Å²) in [6.45, 7) is 1.89. The molecule has 0 saturated heterocycles. The van der Waals surface area contributed by atoms with Gasteiger partial charge in [-0.15, -0.1) is 11.3 Å². The van der Waals surface area contributed by atoms with Crippen LogP contribution in [0.1, 0.15) is 43.2 Å². The van der Waals surface area contributed by atoms with Gasteiger partial charge in [-0.25, -0.2) is 4.98 Å². The van der Waals surface area contributed by atoms with Crippen molar-refractivity contribution in [1.29, 1.82) is 0 Å². The Labute approximate surface area is 140 Å². The summed E-state index contributed by atoms with van der Waals surface area (Å²) in [7, 11) is 0. The van der Waals surface area contributed by atoms with E-state index in [9.17, 15) is 9.59 Å². The smallest absolute Gasteiger partial charge is 0.233 e. The van der Waals surface area contributed by atoms with Gasteiger partial charge >= 0.3 is 0 Å². The first-order valence-electron chi connectivity index (χ1n) is 7.95. The summed E-state index contributed by atoms with van der Waals surface area (Å²) in [6.07, 6.45) is 5.25. The molecule has 1 aromatic carbocycles. The summed E-state index contributed by atoms with van der Waals surface area (Å²) < 4.78 is 0. The largest absolute Gasteiger partial charge is 0.301 e. The summed E-state index contributed by atoms with van der Waals surface area (Å²) in [4.78, 5) is 28.0. The van der Waals surface area contributed by atoms with Gasteiger partial charge < -0.3 is 5.32 Å². The van der Waals surface area contributed by atoms with Crippen LogP contribution in [0.5, 0.6) is 0 Å². The minimum absolute atomic E-state index is 0.0568. The molecule has 2 aromatic rings. The zero-order valence-corrected chi connectivity index (χ0v) is 13.9. The topological polar surface area (TPSA) is 59.1 Å². The lowest BCUT2D eigenvalue weighted by Gasteiger charge is -2.13. The second-order valence-corrected chi connectivity index (χ2v) is 6.94. The van der Waals surface area contributed by atoms with Crippen molar-refractivity contribution in [2.24, 2.45) is 5.92 Å². The number of ketones is 1. The van der Waals surface area contributed by atoms with Crippen LogP contribution >= 0.6 is 11.3 Å². The van der Waals surface area contributed by atoms with E-state index in [1.54, 1.807) is 6.20 Å². The fourth-order valence-electron chi connectivity index (χ4n) is 2.98. The molecule has 5 heteroatoms. The Bertz CT molecular complexity index is 680. The normalized spacial score (nSPS) is 18.8. The molecule has 3 rings (SSSR count). The van der Waals surface area contributed by atoms with Crippen LogP contribution in [-0.2, 0) is 16.0 Å². The summed E-state index contributed by atoms with van der Waals surface area (Å²) in [5.74, 6) is 0.288. The first-order valence-corrected chi connectivity index (χ1v) is 8.83. The minimum Gasteiger partial charge on any atom is -0.301 e. The molecule has 1 N–H and O–H groups in total. The SMILES string of the molecule is C[C@H](C(=O)Nc1nccs1)c1ccc(C[C@@H]2CCCC2=O)cc1. The number of hydrogen-bond donors (Lipinski definition) is 1. The molecule has 1 aromatic heterocycles. The van der Waals surface area contributed by atoms with Gasteiger partial charge in [-0.1, -0.05) is 24.3 Å². The van der Waals surface area contributed by atoms with E-state index in [2.05, 4.69) is 10.3 Å². The molecule has 2 atom stereocenters. The zero-order chi connectivity index (χ0) is 16.2. The Morgan fingerprint density at radius 3 is 2.78 bits per heavy atom. The molecule has 1 aliphatic carbocycles. The minimum atomic E-state index is -0.235. The molecule has 1 aliphatic rings. The molecule has 4 nitrogen and oxygen atoms in total. The van der Waals surface area contributed by atoms with Crippen molar-refractivity contribution >= 4 is 28.2 Å². The zero-order valence-electron chi connectivity index (χ0n) is 13.1. The van der Waals surface area contributed by atoms with Crippen molar-refractivity contribution in [3.63, 3.8) is 0 Å². The molecule has 120 valence electrons. The van der Waals surface area contributed by atoms with Crippen molar-refractivity contribution in [2.45, 2.75) is 38.5 Å². The maximum Gasteiger partial charge on any atom is 0.233 e. The maximum atomic E-state index is 12.2. The predicted octanol–water partition coefficient (Wildman–Crippen LogP) is 3.80. The summed E-state index contributed by atoms with van der Waals surface area (Å²) in [5, 5.41) is 5.28. The number of benzene rings is 1. The van der Waals surface area contributed by atoms with E-state index in [1.807, 2.05) is 36.6 Å². The molecule has 0 radical (unpaired) electrons. The molecule has 1 saturated carbocycles. The van der Waals surface area contributed by atoms with E-state index >= 15 is 0 Å². The Balaban J connectivity index is 1.61. The number of nitrogens with zero attached hydrogens (tertiary/aromatic N) is 1. The highest BCUT2D eigenvalue weighted by Crippen LogP contribution is 2.26. The van der Waals surface area contributed by atoms with E-state index in [-0.39, 0.29) is 17.7 Å². The number of carbonyl (C=O) groups is 2. The van der Waals surface area contributed by atoms with Crippen LogP contribution in [0.25, 0.3) is 0 Å². The lowest BCUT2D eigenvalue weighted by Crippen LogP contribution is -2.18. The van der Waals surface area contributed by atoms with E-state index < -0.39 is 0 Å². The monoisotopic (exact) mass is 328 g/mol. The van der Waals surface area contributed by atoms with Gasteiger partial charge in [0.05, 0.1) is 5.92 Å². The molecule has 1 heterocycles. The average molecular weight is 328 g/mol. The average Bonchev–Trinajstić information content (AvgIpc) is 3.20. The van der Waals surface area contributed by atoms with Gasteiger partial charge in [0, 0.05) is 23.9 Å². The number of nitrogens with one attached hydrogen (secondary N) is 1. The molecule has 23 heavy (non-hydrogen) atoms. The number of hydrogen-bond acceptors (Lipinski definition) is 4. The molecule has 1 amide bonds. The maximum absolute atomic E-state index is 12.2. The van der Waals surface area contributed by atoms with Gasteiger partial charge in [0.2, 0.25) is 5.91 Å². The second kappa shape index (κ2) is 7.04. The lowest BCUT2D eigenvalue weighted by atomic mass is 9.94. The van der Waals surface area contributed by atoms with Crippen molar-refractivity contribution < 1.29 is 9.59 Å². The highest BCUT2D eigenvalue weighted by atomic mass is 32.1. The second-order valence-electron chi connectivity index (χ2n) is 6.05. The van der Waals surface area contributed by atoms with Crippen molar-refractivity contribution in [3.8, 4) is 0 Å². The molecule has 0 aliphatic heterocycles. The molecule has 0 bridgehead atoms. The molecule has 0 unspecified atom stereocenters. The van der Waals surface area contributed by atoms with Gasteiger partial charge in [0.1, 0.15) is 5.78 Å². The molecule has 1 fully saturated rings. The first-order chi connectivity index (χ1) is 11.1. The number of thiazole rings is 1. The van der Waals surface area contributed by atoms with Crippen LogP contribution in [-0.4, -0.2) is 16.7 Å². The number of anilines is 1. The summed E-state index contributed by atoms with van der Waals surface area (Å²) in [5.41, 5.74) is 2.14. The third kappa shape index (κ3) is 3.85. The lowest BCUT2D eigenvalue weighted by molar-refractivity contribution is -0.120. The fourth-order valence-corrected chi connectivity index (χ4v) is 3.51. The Hall–Kier alpha value is -2.01. The van der Waals surface area contributed by atoms with Gasteiger partial charge in [-0.3, -0.25) is 9.59 Å². The Kier molecular flexibility index (Phi) is 4.86. The van der Waals surface area contributed by atoms with Crippen LogP contribution in [0.2, 0.25) is 0 Å². The third-order valence-electron chi connectivity index (χ3n) is 4.45. The van der Waals surface area contributed by atoms with Crippen LogP contribution < -0.4 is 5.32 Å². The van der Waals surface area contributed by atoms with Crippen LogP contribution in [0, 0.1) is 5.92 Å². The molecule has 0 spiro atoms. The van der Waals surface area contributed by atoms with E-state index in [1.165, 1.54) is 16.9 Å². The van der Waals surface area contributed by atoms with Crippen LogP contribution in [0.3, 0.4) is 0 Å². The Morgan fingerprint density at radius 2 is 2.17 bits per heavy atom. The van der Waals surface area contributed by atoms with Gasteiger partial charge in [0.15, 0.2) is 5.13 Å².